The second-order valence-electron chi connectivity index (χ2n) is 5.97. The van der Waals surface area contributed by atoms with Crippen molar-refractivity contribution >= 4 is 17.5 Å². The van der Waals surface area contributed by atoms with Crippen molar-refractivity contribution in [3.05, 3.63) is 29.8 Å². The van der Waals surface area contributed by atoms with Gasteiger partial charge in [-0.05, 0) is 37.3 Å². The quantitative estimate of drug-likeness (QED) is 0.840. The Hall–Kier alpha value is -1.84. The van der Waals surface area contributed by atoms with Gasteiger partial charge in [0.05, 0.1) is 0 Å². The minimum absolute atomic E-state index is 0.0454. The smallest absolute Gasteiger partial charge is 0.227 e. The minimum atomic E-state index is -0.0936. The van der Waals surface area contributed by atoms with Gasteiger partial charge >= 0.3 is 0 Å². The number of para-hydroxylation sites is 1. The zero-order valence-electron chi connectivity index (χ0n) is 13.6. The first-order chi connectivity index (χ1) is 10.7. The molecule has 120 valence electrons. The number of carbonyl (C=O) groups is 2. The number of fused-ring (bicyclic) bond motifs is 1. The Morgan fingerprint density at radius 2 is 1.91 bits per heavy atom. The molecule has 22 heavy (non-hydrogen) atoms. The summed E-state index contributed by atoms with van der Waals surface area (Å²) in [6, 6.07) is 7.89. The molecule has 1 heterocycles. The van der Waals surface area contributed by atoms with Crippen LogP contribution in [0.1, 0.15) is 45.1 Å². The molecule has 1 aliphatic rings. The molecule has 1 atom stereocenters. The Kier molecular flexibility index (Phi) is 5.99. The Labute approximate surface area is 132 Å². The van der Waals surface area contributed by atoms with Crippen molar-refractivity contribution in [1.29, 1.82) is 0 Å². The lowest BCUT2D eigenvalue weighted by atomic mass is 9.89. The van der Waals surface area contributed by atoms with Crippen molar-refractivity contribution < 1.29 is 9.59 Å². The van der Waals surface area contributed by atoms with Gasteiger partial charge in [0.15, 0.2) is 0 Å². The predicted octanol–water partition coefficient (Wildman–Crippen LogP) is 3.23. The van der Waals surface area contributed by atoms with E-state index in [0.29, 0.717) is 12.8 Å². The lowest BCUT2D eigenvalue weighted by Gasteiger charge is -2.26. The Morgan fingerprint density at radius 3 is 2.59 bits per heavy atom. The number of anilines is 1. The molecule has 1 N–H and O–H groups in total. The van der Waals surface area contributed by atoms with Crippen LogP contribution in [-0.2, 0) is 16.0 Å². The molecule has 4 nitrogen and oxygen atoms in total. The molecule has 1 unspecified atom stereocenters. The van der Waals surface area contributed by atoms with Crippen LogP contribution in [0.2, 0.25) is 0 Å². The summed E-state index contributed by atoms with van der Waals surface area (Å²) >= 11 is 0. The van der Waals surface area contributed by atoms with E-state index in [-0.39, 0.29) is 17.7 Å². The molecule has 0 saturated carbocycles. The van der Waals surface area contributed by atoms with Gasteiger partial charge in [0.2, 0.25) is 11.8 Å². The molecular weight excluding hydrogens is 276 g/mol. The van der Waals surface area contributed by atoms with Gasteiger partial charge in [-0.2, -0.15) is 0 Å². The van der Waals surface area contributed by atoms with Crippen LogP contribution in [0.25, 0.3) is 0 Å². The highest BCUT2D eigenvalue weighted by Gasteiger charge is 2.26. The van der Waals surface area contributed by atoms with Crippen molar-refractivity contribution in [2.75, 3.05) is 18.4 Å². The molecule has 0 saturated heterocycles. The SMILES string of the molecule is CCCN(CCC)C(=O)CCC1Cc2ccccc2NC1=O. The molecule has 1 aromatic rings. The maximum absolute atomic E-state index is 12.3. The highest BCUT2D eigenvalue weighted by Crippen LogP contribution is 2.27. The summed E-state index contributed by atoms with van der Waals surface area (Å²) in [5, 5.41) is 2.95. The van der Waals surface area contributed by atoms with Crippen molar-refractivity contribution in [2.24, 2.45) is 5.92 Å². The van der Waals surface area contributed by atoms with Crippen LogP contribution in [0.4, 0.5) is 5.69 Å². The number of nitrogens with zero attached hydrogens (tertiary/aromatic N) is 1. The maximum atomic E-state index is 12.3. The van der Waals surface area contributed by atoms with Crippen LogP contribution in [0.15, 0.2) is 24.3 Å². The number of carbonyl (C=O) groups excluding carboxylic acids is 2. The summed E-state index contributed by atoms with van der Waals surface area (Å²) in [5.74, 6) is 0.128. The molecule has 0 spiro atoms. The Morgan fingerprint density at radius 1 is 1.23 bits per heavy atom. The molecular formula is C18H26N2O2. The van der Waals surface area contributed by atoms with Gasteiger partial charge in [-0.25, -0.2) is 0 Å². The number of hydrogen-bond acceptors (Lipinski definition) is 2. The fourth-order valence-corrected chi connectivity index (χ4v) is 3.00. The van der Waals surface area contributed by atoms with Gasteiger partial charge in [-0.3, -0.25) is 9.59 Å². The second kappa shape index (κ2) is 7.97. The minimum Gasteiger partial charge on any atom is -0.343 e. The predicted molar refractivity (Wildman–Crippen MR) is 88.7 cm³/mol. The molecule has 4 heteroatoms. The van der Waals surface area contributed by atoms with Crippen LogP contribution >= 0.6 is 0 Å². The lowest BCUT2D eigenvalue weighted by Crippen LogP contribution is -2.34. The highest BCUT2D eigenvalue weighted by atomic mass is 16.2. The molecule has 0 aliphatic carbocycles. The lowest BCUT2D eigenvalue weighted by molar-refractivity contribution is -0.131. The van der Waals surface area contributed by atoms with E-state index in [1.807, 2.05) is 29.2 Å². The van der Waals surface area contributed by atoms with Crippen molar-refractivity contribution in [1.82, 2.24) is 4.90 Å². The average Bonchev–Trinajstić information content (AvgIpc) is 2.52. The molecule has 0 bridgehead atoms. The summed E-state index contributed by atoms with van der Waals surface area (Å²) in [7, 11) is 0. The first-order valence-electron chi connectivity index (χ1n) is 8.32. The zero-order valence-corrected chi connectivity index (χ0v) is 13.6. The van der Waals surface area contributed by atoms with Gasteiger partial charge in [0.25, 0.3) is 0 Å². The van der Waals surface area contributed by atoms with E-state index in [2.05, 4.69) is 19.2 Å². The fraction of sp³-hybridized carbons (Fsp3) is 0.556. The number of nitrogens with one attached hydrogen (secondary N) is 1. The monoisotopic (exact) mass is 302 g/mol. The van der Waals surface area contributed by atoms with Crippen molar-refractivity contribution in [2.45, 2.75) is 46.0 Å². The number of amides is 2. The molecule has 0 radical (unpaired) electrons. The summed E-state index contributed by atoms with van der Waals surface area (Å²) < 4.78 is 0. The standard InChI is InChI=1S/C18H26N2O2/c1-3-11-20(12-4-2)17(21)10-9-15-13-14-7-5-6-8-16(14)19-18(15)22/h5-8,15H,3-4,9-13H2,1-2H3,(H,19,22). The third kappa shape index (κ3) is 4.09. The first-order valence-corrected chi connectivity index (χ1v) is 8.32. The topological polar surface area (TPSA) is 49.4 Å². The largest absolute Gasteiger partial charge is 0.343 e. The van der Waals surface area contributed by atoms with E-state index < -0.39 is 0 Å². The Balaban J connectivity index is 1.91. The molecule has 2 amide bonds. The molecule has 2 rings (SSSR count). The fourth-order valence-electron chi connectivity index (χ4n) is 3.00. The molecule has 1 aliphatic heterocycles. The zero-order chi connectivity index (χ0) is 15.9. The molecule has 0 fully saturated rings. The number of rotatable bonds is 7. The van der Waals surface area contributed by atoms with Gasteiger partial charge in [-0.1, -0.05) is 32.0 Å². The van der Waals surface area contributed by atoms with Gasteiger partial charge < -0.3 is 10.2 Å². The normalized spacial score (nSPS) is 16.8. The van der Waals surface area contributed by atoms with Crippen LogP contribution < -0.4 is 5.32 Å². The summed E-state index contributed by atoms with van der Waals surface area (Å²) in [6.45, 7) is 5.79. The Bertz CT molecular complexity index is 522. The van der Waals surface area contributed by atoms with E-state index in [4.69, 9.17) is 0 Å². The van der Waals surface area contributed by atoms with Crippen molar-refractivity contribution in [3.63, 3.8) is 0 Å². The number of hydrogen-bond donors (Lipinski definition) is 1. The third-order valence-electron chi connectivity index (χ3n) is 4.16. The maximum Gasteiger partial charge on any atom is 0.227 e. The highest BCUT2D eigenvalue weighted by molar-refractivity contribution is 5.96. The van der Waals surface area contributed by atoms with Crippen LogP contribution in [0, 0.1) is 5.92 Å². The summed E-state index contributed by atoms with van der Waals surface area (Å²) in [4.78, 5) is 26.4. The first kappa shape index (κ1) is 16.5. The van der Waals surface area contributed by atoms with Gasteiger partial charge in [0, 0.05) is 31.1 Å². The van der Waals surface area contributed by atoms with E-state index in [0.717, 1.165) is 38.0 Å². The second-order valence-corrected chi connectivity index (χ2v) is 5.97. The van der Waals surface area contributed by atoms with E-state index in [1.54, 1.807) is 0 Å². The summed E-state index contributed by atoms with van der Waals surface area (Å²) in [6.07, 6.45) is 3.77. The van der Waals surface area contributed by atoms with Crippen LogP contribution in [0.3, 0.4) is 0 Å². The van der Waals surface area contributed by atoms with Gasteiger partial charge in [-0.15, -0.1) is 0 Å². The van der Waals surface area contributed by atoms with E-state index in [1.165, 1.54) is 5.56 Å². The summed E-state index contributed by atoms with van der Waals surface area (Å²) in [5.41, 5.74) is 2.08. The van der Waals surface area contributed by atoms with Crippen molar-refractivity contribution in [3.8, 4) is 0 Å². The van der Waals surface area contributed by atoms with Crippen LogP contribution in [-0.4, -0.2) is 29.8 Å². The average molecular weight is 302 g/mol. The third-order valence-corrected chi connectivity index (χ3v) is 4.16. The number of benzene rings is 1. The van der Waals surface area contributed by atoms with E-state index >= 15 is 0 Å². The molecule has 1 aromatic carbocycles. The van der Waals surface area contributed by atoms with Gasteiger partial charge in [0.1, 0.15) is 0 Å². The van der Waals surface area contributed by atoms with Crippen LogP contribution in [0.5, 0.6) is 0 Å². The van der Waals surface area contributed by atoms with E-state index in [9.17, 15) is 9.59 Å². The molecule has 0 aromatic heterocycles.